The van der Waals surface area contributed by atoms with Crippen molar-refractivity contribution in [1.29, 1.82) is 0 Å². The molecule has 1 aliphatic rings. The highest BCUT2D eigenvalue weighted by molar-refractivity contribution is 5.92. The molecule has 1 amide bonds. The van der Waals surface area contributed by atoms with Gasteiger partial charge >= 0.3 is 0 Å². The number of hydrogen-bond donors (Lipinski definition) is 1. The van der Waals surface area contributed by atoms with Gasteiger partial charge in [-0.05, 0) is 30.0 Å². The number of nitrogens with zero attached hydrogens (tertiary/aromatic N) is 1. The highest BCUT2D eigenvalue weighted by Gasteiger charge is 2.23. The van der Waals surface area contributed by atoms with E-state index in [2.05, 4.69) is 38.7 Å². The lowest BCUT2D eigenvalue weighted by Crippen LogP contribution is -2.35. The van der Waals surface area contributed by atoms with Crippen LogP contribution in [0.1, 0.15) is 31.9 Å². The molecule has 0 spiro atoms. The zero-order chi connectivity index (χ0) is 15.8. The van der Waals surface area contributed by atoms with Gasteiger partial charge in [0, 0.05) is 23.5 Å². The Labute approximate surface area is 126 Å². The van der Waals surface area contributed by atoms with Gasteiger partial charge in [0.25, 0.3) is 5.91 Å². The fourth-order valence-electron chi connectivity index (χ4n) is 2.44. The molecule has 4 heteroatoms. The summed E-state index contributed by atoms with van der Waals surface area (Å²) < 4.78 is 5.56. The Balaban J connectivity index is 2.56. The van der Waals surface area contributed by atoms with E-state index < -0.39 is 0 Å². The third-order valence-electron chi connectivity index (χ3n) is 3.48. The Morgan fingerprint density at radius 2 is 1.95 bits per heavy atom. The van der Waals surface area contributed by atoms with Gasteiger partial charge in [0.2, 0.25) is 0 Å². The summed E-state index contributed by atoms with van der Waals surface area (Å²) in [5.41, 5.74) is 3.09. The number of aryl methyl sites for hydroxylation is 1. The molecule has 0 radical (unpaired) electrons. The molecule has 0 saturated carbocycles. The summed E-state index contributed by atoms with van der Waals surface area (Å²) in [6, 6.07) is 4.11. The highest BCUT2D eigenvalue weighted by Crippen LogP contribution is 2.38. The average molecular weight is 286 g/mol. The fraction of sp³-hybridized carbons (Fsp3) is 0.353. The van der Waals surface area contributed by atoms with E-state index in [4.69, 9.17) is 4.74 Å². The van der Waals surface area contributed by atoms with Crippen molar-refractivity contribution < 1.29 is 9.53 Å². The lowest BCUT2D eigenvalue weighted by atomic mass is 9.84. The molecule has 0 aliphatic carbocycles. The van der Waals surface area contributed by atoms with Crippen molar-refractivity contribution in [2.45, 2.75) is 33.1 Å². The van der Waals surface area contributed by atoms with Crippen LogP contribution in [0.3, 0.4) is 0 Å². The number of ether oxygens (including phenoxy) is 1. The zero-order valence-electron chi connectivity index (χ0n) is 13.3. The molecule has 0 fully saturated rings. The molecule has 21 heavy (non-hydrogen) atoms. The molecule has 112 valence electrons. The van der Waals surface area contributed by atoms with Crippen LogP contribution >= 0.6 is 0 Å². The van der Waals surface area contributed by atoms with E-state index in [1.165, 1.54) is 6.08 Å². The SMILES string of the molecule is C=C1NC(=O)C=CN1c1cc(C)c(OC)c(C(C)(C)C)c1. The summed E-state index contributed by atoms with van der Waals surface area (Å²) in [5, 5.41) is 2.71. The fourth-order valence-corrected chi connectivity index (χ4v) is 2.44. The predicted octanol–water partition coefficient (Wildman–Crippen LogP) is 3.22. The number of carbonyl (C=O) groups excluding carboxylic acids is 1. The summed E-state index contributed by atoms with van der Waals surface area (Å²) in [4.78, 5) is 13.2. The van der Waals surface area contributed by atoms with Crippen molar-refractivity contribution in [3.05, 3.63) is 47.9 Å². The zero-order valence-corrected chi connectivity index (χ0v) is 13.3. The number of methoxy groups -OCH3 is 1. The van der Waals surface area contributed by atoms with Gasteiger partial charge in [0.05, 0.1) is 7.11 Å². The molecule has 1 heterocycles. The number of nitrogens with one attached hydrogen (secondary N) is 1. The monoisotopic (exact) mass is 286 g/mol. The summed E-state index contributed by atoms with van der Waals surface area (Å²) in [5.74, 6) is 1.30. The predicted molar refractivity (Wildman–Crippen MR) is 85.3 cm³/mol. The van der Waals surface area contributed by atoms with Gasteiger partial charge in [-0.25, -0.2) is 0 Å². The second kappa shape index (κ2) is 5.28. The lowest BCUT2D eigenvalue weighted by molar-refractivity contribution is -0.116. The Morgan fingerprint density at radius 1 is 1.29 bits per heavy atom. The number of benzene rings is 1. The normalized spacial score (nSPS) is 15.2. The molecule has 0 atom stereocenters. The Bertz CT molecular complexity index is 624. The maximum atomic E-state index is 11.3. The van der Waals surface area contributed by atoms with Gasteiger partial charge in [-0.15, -0.1) is 0 Å². The third-order valence-corrected chi connectivity index (χ3v) is 3.48. The molecular formula is C17H22N2O2. The van der Waals surface area contributed by atoms with Crippen LogP contribution < -0.4 is 15.0 Å². The Hall–Kier alpha value is -2.23. The van der Waals surface area contributed by atoms with Crippen molar-refractivity contribution in [3.8, 4) is 5.75 Å². The standard InChI is InChI=1S/C17H22N2O2/c1-11-9-13(19-8-7-15(20)18-12(19)2)10-14(16(11)21-6)17(3,4)5/h7-10H,2H2,1,3-6H3,(H,18,20). The van der Waals surface area contributed by atoms with Crippen LogP contribution in [0, 0.1) is 6.92 Å². The highest BCUT2D eigenvalue weighted by atomic mass is 16.5. The van der Waals surface area contributed by atoms with Crippen molar-refractivity contribution in [1.82, 2.24) is 5.32 Å². The van der Waals surface area contributed by atoms with Crippen LogP contribution in [0.2, 0.25) is 0 Å². The first-order chi connectivity index (χ1) is 9.74. The first-order valence-corrected chi connectivity index (χ1v) is 6.90. The van der Waals surface area contributed by atoms with Crippen LogP contribution in [0.5, 0.6) is 5.75 Å². The number of hydrogen-bond acceptors (Lipinski definition) is 3. The van der Waals surface area contributed by atoms with Crippen LogP contribution in [0.25, 0.3) is 0 Å². The summed E-state index contributed by atoms with van der Waals surface area (Å²) in [7, 11) is 1.69. The molecule has 1 N–H and O–H groups in total. The second-order valence-electron chi connectivity index (χ2n) is 6.22. The summed E-state index contributed by atoms with van der Waals surface area (Å²) in [6.07, 6.45) is 3.22. The largest absolute Gasteiger partial charge is 0.496 e. The van der Waals surface area contributed by atoms with E-state index in [0.29, 0.717) is 5.82 Å². The lowest BCUT2D eigenvalue weighted by Gasteiger charge is -2.30. The number of amides is 1. The first-order valence-electron chi connectivity index (χ1n) is 6.90. The minimum atomic E-state index is -0.155. The second-order valence-corrected chi connectivity index (χ2v) is 6.22. The van der Waals surface area contributed by atoms with E-state index >= 15 is 0 Å². The van der Waals surface area contributed by atoms with E-state index in [1.807, 2.05) is 17.9 Å². The van der Waals surface area contributed by atoms with E-state index in [0.717, 1.165) is 22.6 Å². The minimum Gasteiger partial charge on any atom is -0.496 e. The van der Waals surface area contributed by atoms with E-state index in [1.54, 1.807) is 13.3 Å². The molecule has 1 aliphatic heterocycles. The topological polar surface area (TPSA) is 41.6 Å². The molecule has 2 rings (SSSR count). The molecule has 1 aromatic rings. The van der Waals surface area contributed by atoms with Crippen LogP contribution in [0.15, 0.2) is 36.8 Å². The van der Waals surface area contributed by atoms with Gasteiger partial charge in [0.1, 0.15) is 11.6 Å². The maximum Gasteiger partial charge on any atom is 0.250 e. The van der Waals surface area contributed by atoms with E-state index in [-0.39, 0.29) is 11.3 Å². The Kier molecular flexibility index (Phi) is 3.81. The molecule has 0 bridgehead atoms. The molecule has 4 nitrogen and oxygen atoms in total. The molecule has 0 aromatic heterocycles. The third kappa shape index (κ3) is 2.94. The smallest absolute Gasteiger partial charge is 0.250 e. The summed E-state index contributed by atoms with van der Waals surface area (Å²) >= 11 is 0. The van der Waals surface area contributed by atoms with Gasteiger partial charge in [0.15, 0.2) is 0 Å². The first kappa shape index (κ1) is 15.2. The van der Waals surface area contributed by atoms with Gasteiger partial charge in [-0.2, -0.15) is 0 Å². The minimum absolute atomic E-state index is 0.0454. The Morgan fingerprint density at radius 3 is 2.48 bits per heavy atom. The molecule has 0 unspecified atom stereocenters. The van der Waals surface area contributed by atoms with Crippen LogP contribution in [-0.2, 0) is 10.2 Å². The van der Waals surface area contributed by atoms with Crippen molar-refractivity contribution in [2.24, 2.45) is 0 Å². The molecular weight excluding hydrogens is 264 g/mol. The maximum absolute atomic E-state index is 11.3. The van der Waals surface area contributed by atoms with Crippen LogP contribution in [0.4, 0.5) is 5.69 Å². The molecule has 1 aromatic carbocycles. The van der Waals surface area contributed by atoms with Gasteiger partial charge < -0.3 is 15.0 Å². The van der Waals surface area contributed by atoms with Gasteiger partial charge in [-0.3, -0.25) is 4.79 Å². The van der Waals surface area contributed by atoms with Crippen LogP contribution in [-0.4, -0.2) is 13.0 Å². The number of anilines is 1. The molecule has 0 saturated heterocycles. The van der Waals surface area contributed by atoms with E-state index in [9.17, 15) is 4.79 Å². The summed E-state index contributed by atoms with van der Waals surface area (Å²) in [6.45, 7) is 12.4. The van der Waals surface area contributed by atoms with Gasteiger partial charge in [-0.1, -0.05) is 27.4 Å². The average Bonchev–Trinajstić information content (AvgIpc) is 2.36. The number of rotatable bonds is 2. The van der Waals surface area contributed by atoms with Crippen molar-refractivity contribution in [3.63, 3.8) is 0 Å². The quantitative estimate of drug-likeness (QED) is 0.907. The van der Waals surface area contributed by atoms with Crippen molar-refractivity contribution in [2.75, 3.05) is 12.0 Å². The van der Waals surface area contributed by atoms with Crippen molar-refractivity contribution >= 4 is 11.6 Å². The number of carbonyl (C=O) groups is 1.